The van der Waals surface area contributed by atoms with Crippen LogP contribution in [-0.4, -0.2) is 23.5 Å². The lowest BCUT2D eigenvalue weighted by Gasteiger charge is -1.96. The van der Waals surface area contributed by atoms with E-state index in [1.54, 1.807) is 0 Å². The number of carbonyl (C=O) groups excluding carboxylic acids is 1. The van der Waals surface area contributed by atoms with E-state index in [-0.39, 0.29) is 12.4 Å². The van der Waals surface area contributed by atoms with Crippen molar-refractivity contribution in [3.63, 3.8) is 0 Å². The van der Waals surface area contributed by atoms with Crippen LogP contribution in [0.25, 0.3) is 0 Å². The Morgan fingerprint density at radius 2 is 2.30 bits per heavy atom. The second-order valence-electron chi connectivity index (χ2n) is 1.31. The molecule has 7 heteroatoms. The van der Waals surface area contributed by atoms with Gasteiger partial charge in [0.1, 0.15) is 0 Å². The molecule has 0 heterocycles. The number of halogens is 1. The van der Waals surface area contributed by atoms with Crippen molar-refractivity contribution in [1.29, 1.82) is 0 Å². The van der Waals surface area contributed by atoms with Crippen LogP contribution in [0.2, 0.25) is 0 Å². The second kappa shape index (κ2) is 4.80. The van der Waals surface area contributed by atoms with Gasteiger partial charge < -0.3 is 5.32 Å². The van der Waals surface area contributed by atoms with E-state index >= 15 is 0 Å². The van der Waals surface area contributed by atoms with Gasteiger partial charge in [-0.15, -0.1) is 11.6 Å². The Morgan fingerprint density at radius 1 is 1.70 bits per heavy atom. The fourth-order valence-corrected chi connectivity index (χ4v) is 0.378. The Balaban J connectivity index is 3.35. The van der Waals surface area contributed by atoms with E-state index in [9.17, 15) is 14.9 Å². The monoisotopic (exact) mass is 167 g/mol. The Bertz CT molecular complexity index is 139. The van der Waals surface area contributed by atoms with Gasteiger partial charge in [0, 0.05) is 12.4 Å². The minimum atomic E-state index is -0.941. The van der Waals surface area contributed by atoms with Gasteiger partial charge in [0.25, 0.3) is 0 Å². The van der Waals surface area contributed by atoms with E-state index in [4.69, 9.17) is 11.6 Å². The average molecular weight is 168 g/mol. The number of nitro groups is 1. The number of nitrogens with one attached hydrogen (secondary N) is 2. The van der Waals surface area contributed by atoms with Crippen molar-refractivity contribution in [2.45, 2.75) is 0 Å². The van der Waals surface area contributed by atoms with Gasteiger partial charge in [-0.1, -0.05) is 5.43 Å². The number of amides is 2. The first-order chi connectivity index (χ1) is 4.66. The molecule has 0 aliphatic heterocycles. The number of alkyl halides is 1. The fourth-order valence-electron chi connectivity index (χ4n) is 0.283. The summed E-state index contributed by atoms with van der Waals surface area (Å²) < 4.78 is 0. The largest absolute Gasteiger partial charge is 0.372 e. The summed E-state index contributed by atoms with van der Waals surface area (Å²) in [5.41, 5.74) is 1.39. The highest BCUT2D eigenvalue weighted by atomic mass is 35.5. The molecule has 0 saturated carbocycles. The number of urea groups is 1. The summed E-state index contributed by atoms with van der Waals surface area (Å²) >= 11 is 5.17. The molecule has 0 fully saturated rings. The molecule has 0 rings (SSSR count). The molecule has 0 unspecified atom stereocenters. The van der Waals surface area contributed by atoms with Crippen LogP contribution in [0.5, 0.6) is 0 Å². The summed E-state index contributed by atoms with van der Waals surface area (Å²) in [6.07, 6.45) is 0. The molecule has 2 N–H and O–H groups in total. The summed E-state index contributed by atoms with van der Waals surface area (Å²) in [6, 6.07) is -0.856. The Morgan fingerprint density at radius 3 is 2.70 bits per heavy atom. The normalized spacial score (nSPS) is 8.50. The number of hydrogen-bond acceptors (Lipinski definition) is 3. The quantitative estimate of drug-likeness (QED) is 0.344. The van der Waals surface area contributed by atoms with Gasteiger partial charge in [0.05, 0.1) is 0 Å². The standard InChI is InChI=1S/C3H6ClN3O3/c4-1-2-5-3(8)6-7(9)10/h1-2H2,(H2,5,6,8). The maximum Gasteiger partial charge on any atom is 0.372 e. The van der Waals surface area contributed by atoms with Crippen molar-refractivity contribution >= 4 is 17.6 Å². The van der Waals surface area contributed by atoms with Crippen LogP contribution in [0.3, 0.4) is 0 Å². The molecule has 0 aliphatic carbocycles. The lowest BCUT2D eigenvalue weighted by atomic mass is 10.7. The number of carbonyl (C=O) groups is 1. The smallest absolute Gasteiger partial charge is 0.333 e. The summed E-state index contributed by atoms with van der Waals surface area (Å²) in [4.78, 5) is 19.9. The lowest BCUT2D eigenvalue weighted by Crippen LogP contribution is -2.39. The zero-order valence-corrected chi connectivity index (χ0v) is 5.72. The van der Waals surface area contributed by atoms with Gasteiger partial charge in [-0.3, -0.25) is 0 Å². The van der Waals surface area contributed by atoms with Crippen molar-refractivity contribution in [2.75, 3.05) is 12.4 Å². The van der Waals surface area contributed by atoms with Crippen LogP contribution in [0.4, 0.5) is 4.79 Å². The maximum atomic E-state index is 10.3. The molecule has 0 spiro atoms. The summed E-state index contributed by atoms with van der Waals surface area (Å²) in [6.45, 7) is 0.210. The molecule has 10 heavy (non-hydrogen) atoms. The average Bonchev–Trinajstić information content (AvgIpc) is 1.82. The van der Waals surface area contributed by atoms with Crippen molar-refractivity contribution in [2.24, 2.45) is 0 Å². The van der Waals surface area contributed by atoms with Gasteiger partial charge in [-0.05, 0) is 0 Å². The van der Waals surface area contributed by atoms with E-state index in [1.807, 2.05) is 0 Å². The highest BCUT2D eigenvalue weighted by Crippen LogP contribution is 1.70. The number of nitrogens with zero attached hydrogens (tertiary/aromatic N) is 1. The third kappa shape index (κ3) is 5.10. The maximum absolute atomic E-state index is 10.3. The fraction of sp³-hybridized carbons (Fsp3) is 0.667. The first kappa shape index (κ1) is 8.96. The first-order valence-electron chi connectivity index (χ1n) is 2.41. The first-order valence-corrected chi connectivity index (χ1v) is 2.95. The van der Waals surface area contributed by atoms with Crippen LogP contribution in [-0.2, 0) is 0 Å². The minimum absolute atomic E-state index is 0.210. The van der Waals surface area contributed by atoms with E-state index in [2.05, 4.69) is 5.32 Å². The van der Waals surface area contributed by atoms with Crippen LogP contribution in [0.1, 0.15) is 0 Å². The highest BCUT2D eigenvalue weighted by Gasteiger charge is 2.03. The number of rotatable bonds is 3. The van der Waals surface area contributed by atoms with E-state index in [0.29, 0.717) is 0 Å². The van der Waals surface area contributed by atoms with Crippen molar-refractivity contribution < 1.29 is 9.83 Å². The molecule has 0 aromatic rings. The second-order valence-corrected chi connectivity index (χ2v) is 1.69. The van der Waals surface area contributed by atoms with Crippen molar-refractivity contribution in [1.82, 2.24) is 10.7 Å². The molecule has 0 aromatic carbocycles. The van der Waals surface area contributed by atoms with Crippen LogP contribution in [0.15, 0.2) is 0 Å². The molecule has 0 aromatic heterocycles. The molecule has 0 saturated heterocycles. The topological polar surface area (TPSA) is 84.3 Å². The molecule has 0 aliphatic rings. The van der Waals surface area contributed by atoms with Gasteiger partial charge >= 0.3 is 6.03 Å². The molecule has 6 nitrogen and oxygen atoms in total. The molecule has 2 amide bonds. The molecule has 58 valence electrons. The minimum Gasteiger partial charge on any atom is -0.333 e. The Labute approximate surface area is 61.7 Å². The predicted octanol–water partition coefficient (Wildman–Crippen LogP) is -0.284. The predicted molar refractivity (Wildman–Crippen MR) is 34.2 cm³/mol. The molecular weight excluding hydrogens is 162 g/mol. The van der Waals surface area contributed by atoms with E-state index in [0.717, 1.165) is 0 Å². The number of hydrazine groups is 1. The molecular formula is C3H6ClN3O3. The Kier molecular flexibility index (Phi) is 4.30. The van der Waals surface area contributed by atoms with Crippen LogP contribution in [0, 0.1) is 10.1 Å². The van der Waals surface area contributed by atoms with Crippen molar-refractivity contribution in [3.8, 4) is 0 Å². The molecule has 0 bridgehead atoms. The van der Waals surface area contributed by atoms with E-state index in [1.165, 1.54) is 5.43 Å². The third-order valence-electron chi connectivity index (χ3n) is 0.573. The van der Waals surface area contributed by atoms with Gasteiger partial charge in [0.15, 0.2) is 5.03 Å². The lowest BCUT2D eigenvalue weighted by molar-refractivity contribution is -0.527. The van der Waals surface area contributed by atoms with Gasteiger partial charge in [-0.25, -0.2) is 14.9 Å². The van der Waals surface area contributed by atoms with Gasteiger partial charge in [0.2, 0.25) is 0 Å². The van der Waals surface area contributed by atoms with Gasteiger partial charge in [-0.2, -0.15) is 0 Å². The Hall–Kier alpha value is -1.04. The zero-order valence-electron chi connectivity index (χ0n) is 4.96. The summed E-state index contributed by atoms with van der Waals surface area (Å²) in [7, 11) is 0. The SMILES string of the molecule is O=C(NCCCl)N[N+](=O)[O-]. The number of hydrogen-bond donors (Lipinski definition) is 2. The van der Waals surface area contributed by atoms with Crippen LogP contribution < -0.4 is 10.7 Å². The highest BCUT2D eigenvalue weighted by molar-refractivity contribution is 6.18. The summed E-state index contributed by atoms with van der Waals surface area (Å²) in [5, 5.41) is 10.8. The van der Waals surface area contributed by atoms with E-state index < -0.39 is 11.1 Å². The third-order valence-corrected chi connectivity index (χ3v) is 0.762. The van der Waals surface area contributed by atoms with Crippen LogP contribution >= 0.6 is 11.6 Å². The molecule has 0 atom stereocenters. The van der Waals surface area contributed by atoms with Crippen molar-refractivity contribution in [3.05, 3.63) is 10.1 Å². The zero-order chi connectivity index (χ0) is 7.98. The molecule has 0 radical (unpaired) electrons. The summed E-state index contributed by atoms with van der Waals surface area (Å²) in [5.74, 6) is 0.227.